The summed E-state index contributed by atoms with van der Waals surface area (Å²) in [5.74, 6) is 0.157. The van der Waals surface area contributed by atoms with Crippen molar-refractivity contribution < 1.29 is 27.1 Å². The number of amides is 1. The van der Waals surface area contributed by atoms with E-state index in [-0.39, 0.29) is 35.0 Å². The first-order valence-corrected chi connectivity index (χ1v) is 10.5. The molecule has 1 aliphatic heterocycles. The highest BCUT2D eigenvalue weighted by molar-refractivity contribution is 5.98. The molecular weight excluding hydrogens is 442 g/mol. The van der Waals surface area contributed by atoms with Crippen molar-refractivity contribution in [2.24, 2.45) is 17.8 Å². The van der Waals surface area contributed by atoms with Crippen molar-refractivity contribution in [3.05, 3.63) is 65.9 Å². The van der Waals surface area contributed by atoms with Crippen molar-refractivity contribution in [3.63, 3.8) is 0 Å². The average Bonchev–Trinajstić information content (AvgIpc) is 3.17. The second-order valence-electron chi connectivity index (χ2n) is 8.58. The average molecular weight is 459 g/mol. The molecule has 2 aliphatic carbocycles. The SMILES string of the molecule is O=C(c1cccc(F)c1-n1nccn1)N1CC2C3CC(Oc4ccc(C(F)(F)F)cn4)C1C32. The number of alkyl halides is 3. The van der Waals surface area contributed by atoms with Crippen LogP contribution in [-0.4, -0.2) is 49.5 Å². The van der Waals surface area contributed by atoms with Gasteiger partial charge in [0.05, 0.1) is 29.6 Å². The summed E-state index contributed by atoms with van der Waals surface area (Å²) in [5, 5.41) is 7.93. The minimum Gasteiger partial charge on any atom is -0.472 e. The van der Waals surface area contributed by atoms with Gasteiger partial charge in [-0.25, -0.2) is 9.37 Å². The van der Waals surface area contributed by atoms with Gasteiger partial charge in [0.25, 0.3) is 5.91 Å². The van der Waals surface area contributed by atoms with Gasteiger partial charge < -0.3 is 9.64 Å². The number of carbonyl (C=O) groups excluding carboxylic acids is 1. The lowest BCUT2D eigenvalue weighted by atomic mass is 10.1. The lowest BCUT2D eigenvalue weighted by molar-refractivity contribution is -0.137. The molecule has 6 rings (SSSR count). The summed E-state index contributed by atoms with van der Waals surface area (Å²) >= 11 is 0. The van der Waals surface area contributed by atoms with Crippen molar-refractivity contribution >= 4 is 5.91 Å². The van der Waals surface area contributed by atoms with Crippen LogP contribution in [0.5, 0.6) is 5.88 Å². The van der Waals surface area contributed by atoms with Crippen molar-refractivity contribution in [1.29, 1.82) is 0 Å². The number of halogens is 4. The molecule has 11 heteroatoms. The first-order valence-electron chi connectivity index (χ1n) is 10.5. The summed E-state index contributed by atoms with van der Waals surface area (Å²) in [6.45, 7) is 0.529. The molecule has 170 valence electrons. The number of rotatable bonds is 4. The molecule has 0 N–H and O–H groups in total. The third-order valence-corrected chi connectivity index (χ3v) is 6.88. The summed E-state index contributed by atoms with van der Waals surface area (Å²) in [5.41, 5.74) is -0.737. The van der Waals surface area contributed by atoms with E-state index in [1.165, 1.54) is 36.7 Å². The number of nitrogens with zero attached hydrogens (tertiary/aromatic N) is 5. The van der Waals surface area contributed by atoms with Gasteiger partial charge in [-0.3, -0.25) is 4.79 Å². The van der Waals surface area contributed by atoms with E-state index in [2.05, 4.69) is 15.2 Å². The molecule has 1 saturated heterocycles. The number of likely N-dealkylation sites (tertiary alicyclic amines) is 1. The number of benzene rings is 1. The Morgan fingerprint density at radius 2 is 1.88 bits per heavy atom. The normalized spacial score (nSPS) is 27.5. The molecule has 3 fully saturated rings. The highest BCUT2D eigenvalue weighted by Crippen LogP contribution is 2.64. The molecule has 3 aliphatic rings. The fourth-order valence-corrected chi connectivity index (χ4v) is 5.47. The molecule has 7 nitrogen and oxygen atoms in total. The minimum atomic E-state index is -4.48. The van der Waals surface area contributed by atoms with Crippen LogP contribution in [0.25, 0.3) is 5.69 Å². The molecule has 5 unspecified atom stereocenters. The van der Waals surface area contributed by atoms with Gasteiger partial charge in [-0.1, -0.05) is 6.07 Å². The molecule has 2 aromatic heterocycles. The van der Waals surface area contributed by atoms with Crippen LogP contribution in [0.15, 0.2) is 48.9 Å². The molecule has 5 atom stereocenters. The van der Waals surface area contributed by atoms with Crippen LogP contribution < -0.4 is 4.74 Å². The lowest BCUT2D eigenvalue weighted by Crippen LogP contribution is -2.45. The predicted octanol–water partition coefficient (Wildman–Crippen LogP) is 3.36. The predicted molar refractivity (Wildman–Crippen MR) is 105 cm³/mol. The summed E-state index contributed by atoms with van der Waals surface area (Å²) in [6.07, 6.45) is -0.645. The van der Waals surface area contributed by atoms with Gasteiger partial charge in [0, 0.05) is 18.8 Å². The first-order chi connectivity index (χ1) is 15.8. The van der Waals surface area contributed by atoms with Crippen LogP contribution in [0.3, 0.4) is 0 Å². The van der Waals surface area contributed by atoms with E-state index >= 15 is 0 Å². The Kier molecular flexibility index (Phi) is 4.27. The second kappa shape index (κ2) is 7.00. The van der Waals surface area contributed by atoms with Crippen molar-refractivity contribution in [1.82, 2.24) is 24.9 Å². The van der Waals surface area contributed by atoms with Crippen LogP contribution in [-0.2, 0) is 6.18 Å². The topological polar surface area (TPSA) is 73.1 Å². The maximum absolute atomic E-state index is 14.6. The number of piperidine rings is 1. The largest absolute Gasteiger partial charge is 0.472 e. The summed E-state index contributed by atoms with van der Waals surface area (Å²) in [4.78, 5) is 20.1. The first kappa shape index (κ1) is 20.1. The van der Waals surface area contributed by atoms with Gasteiger partial charge in [0.2, 0.25) is 5.88 Å². The maximum atomic E-state index is 14.6. The maximum Gasteiger partial charge on any atom is 0.417 e. The van der Waals surface area contributed by atoms with Gasteiger partial charge in [-0.15, -0.1) is 4.80 Å². The number of fused-ring (bicyclic) bond motifs is 1. The Hall–Kier alpha value is -3.50. The fourth-order valence-electron chi connectivity index (χ4n) is 5.47. The van der Waals surface area contributed by atoms with Gasteiger partial charge >= 0.3 is 6.18 Å². The number of pyridine rings is 1. The highest BCUT2D eigenvalue weighted by Gasteiger charge is 2.70. The van der Waals surface area contributed by atoms with E-state index in [0.29, 0.717) is 24.8 Å². The third-order valence-electron chi connectivity index (χ3n) is 6.88. The van der Waals surface area contributed by atoms with Gasteiger partial charge in [0.15, 0.2) is 5.82 Å². The second-order valence-corrected chi connectivity index (χ2v) is 8.58. The number of hydrogen-bond donors (Lipinski definition) is 0. The van der Waals surface area contributed by atoms with Crippen LogP contribution in [0, 0.1) is 23.6 Å². The van der Waals surface area contributed by atoms with E-state index in [9.17, 15) is 22.4 Å². The molecule has 3 aromatic rings. The van der Waals surface area contributed by atoms with E-state index in [0.717, 1.165) is 17.1 Å². The Labute approximate surface area is 185 Å². The van der Waals surface area contributed by atoms with Gasteiger partial charge in [-0.05, 0) is 42.4 Å². The van der Waals surface area contributed by atoms with Crippen LogP contribution in [0.2, 0.25) is 0 Å². The standard InChI is InChI=1S/C22H17F4N5O2/c23-15-3-1-2-12(19(15)31-28-6-7-29-31)21(32)30-10-14-13-8-16(20(30)18(13)14)33-17-5-4-11(9-27-17)22(24,25)26/h1-7,9,13-14,16,18,20H,8,10H2. The monoisotopic (exact) mass is 459 g/mol. The number of ether oxygens (including phenoxy) is 1. The molecule has 1 aromatic carbocycles. The Bertz CT molecular complexity index is 1210. The molecule has 1 amide bonds. The number of para-hydroxylation sites is 1. The zero-order chi connectivity index (χ0) is 22.9. The molecule has 0 radical (unpaired) electrons. The van der Waals surface area contributed by atoms with Crippen LogP contribution in [0.1, 0.15) is 22.3 Å². The van der Waals surface area contributed by atoms with Crippen molar-refractivity contribution in [2.45, 2.75) is 24.7 Å². The third kappa shape index (κ3) is 3.17. The van der Waals surface area contributed by atoms with E-state index in [4.69, 9.17) is 4.74 Å². The van der Waals surface area contributed by atoms with E-state index in [1.807, 2.05) is 0 Å². The zero-order valence-electron chi connectivity index (χ0n) is 17.0. The summed E-state index contributed by atoms with van der Waals surface area (Å²) in [7, 11) is 0. The van der Waals surface area contributed by atoms with Crippen LogP contribution in [0.4, 0.5) is 17.6 Å². The molecular formula is C22H17F4N5O2. The number of carbonyl (C=O) groups is 1. The van der Waals surface area contributed by atoms with Crippen molar-refractivity contribution in [3.8, 4) is 11.6 Å². The van der Waals surface area contributed by atoms with E-state index in [1.54, 1.807) is 4.90 Å². The van der Waals surface area contributed by atoms with Gasteiger partial charge in [-0.2, -0.15) is 23.4 Å². The summed E-state index contributed by atoms with van der Waals surface area (Å²) in [6, 6.07) is 6.11. The van der Waals surface area contributed by atoms with E-state index < -0.39 is 23.7 Å². The highest BCUT2D eigenvalue weighted by atomic mass is 19.4. The molecule has 2 saturated carbocycles. The van der Waals surface area contributed by atoms with Gasteiger partial charge in [0.1, 0.15) is 11.8 Å². The zero-order valence-corrected chi connectivity index (χ0v) is 17.0. The number of hydrogen-bond acceptors (Lipinski definition) is 5. The number of aromatic nitrogens is 4. The molecule has 0 spiro atoms. The minimum absolute atomic E-state index is 0.0236. The Morgan fingerprint density at radius 3 is 2.58 bits per heavy atom. The Morgan fingerprint density at radius 1 is 1.09 bits per heavy atom. The quantitative estimate of drug-likeness (QED) is 0.560. The molecule has 0 bridgehead atoms. The molecule has 33 heavy (non-hydrogen) atoms. The smallest absolute Gasteiger partial charge is 0.417 e. The lowest BCUT2D eigenvalue weighted by Gasteiger charge is -2.30. The fraction of sp³-hybridized carbons (Fsp3) is 0.364. The van der Waals surface area contributed by atoms with Crippen molar-refractivity contribution in [2.75, 3.05) is 6.54 Å². The van der Waals surface area contributed by atoms with Crippen LogP contribution >= 0.6 is 0 Å². The Balaban J connectivity index is 1.26. The molecule has 3 heterocycles. The summed E-state index contributed by atoms with van der Waals surface area (Å²) < 4.78 is 59.0.